The van der Waals surface area contributed by atoms with E-state index in [1.807, 2.05) is 0 Å². The maximum Gasteiger partial charge on any atom is 0.409 e. The van der Waals surface area contributed by atoms with E-state index < -0.39 is 21.7 Å². The first-order chi connectivity index (χ1) is 23.0. The number of ketones is 2. The summed E-state index contributed by atoms with van der Waals surface area (Å²) in [6.45, 7) is 1.89. The predicted octanol–water partition coefficient (Wildman–Crippen LogP) is 4.47. The molecule has 0 aromatic heterocycles. The second-order valence-corrected chi connectivity index (χ2v) is 15.3. The SMILES string of the molecule is C[C@H]1C2C#C/C=C\C#C[C@H]3Nc4c(cc(O)c5c4C(=O)c4ccc(CN(C)C(=O)OCCS(=O)(=O)c6ccccc6)cc4C5=O)[C@@]24C[C@@]314. The van der Waals surface area contributed by atoms with E-state index in [9.17, 15) is 27.9 Å². The zero-order chi connectivity index (χ0) is 33.6. The van der Waals surface area contributed by atoms with Crippen LogP contribution in [0.15, 0.2) is 71.6 Å². The number of ether oxygens (including phenoxy) is 1. The van der Waals surface area contributed by atoms with Crippen LogP contribution in [0.2, 0.25) is 0 Å². The van der Waals surface area contributed by atoms with Crippen molar-refractivity contribution in [3.8, 4) is 29.4 Å². The molecule has 9 nitrogen and oxygen atoms in total. The fraction of sp³-hybridized carbons (Fsp3) is 0.289. The van der Waals surface area contributed by atoms with Crippen molar-refractivity contribution in [3.05, 3.63) is 100 Å². The van der Waals surface area contributed by atoms with Crippen molar-refractivity contribution in [1.29, 1.82) is 0 Å². The molecular formula is C38H30N2O7S. The van der Waals surface area contributed by atoms with Gasteiger partial charge in [-0.3, -0.25) is 9.59 Å². The standard InChI is InChI=1S/C38H30N2O7S/c1-22-27-12-8-3-4-9-13-30-37(22)21-38(27,37)28-19-29(41)31-32(33(28)39-30)34(42)25-15-14-23(18-26(25)35(31)43)20-40(2)36(44)47-16-17-48(45,46)24-10-6-5-7-11-24/h3-7,10-11,14-15,18-19,22,27,30,39,41H,16-17,20-21H2,1-2H3/b4-3-/t22-,27?,30+,37-,38+/m0/s1. The molecule has 1 spiro atoms. The Morgan fingerprint density at radius 1 is 1.02 bits per heavy atom. The summed E-state index contributed by atoms with van der Waals surface area (Å²) in [5, 5.41) is 14.9. The van der Waals surface area contributed by atoms with Crippen molar-refractivity contribution in [2.45, 2.75) is 36.2 Å². The number of hydrogen-bond acceptors (Lipinski definition) is 8. The minimum atomic E-state index is -3.62. The van der Waals surface area contributed by atoms with E-state index in [1.54, 1.807) is 54.6 Å². The summed E-state index contributed by atoms with van der Waals surface area (Å²) >= 11 is 0. The fourth-order valence-corrected chi connectivity index (χ4v) is 9.70. The summed E-state index contributed by atoms with van der Waals surface area (Å²) in [6, 6.07) is 14.1. The molecule has 4 aliphatic carbocycles. The Balaban J connectivity index is 1.05. The van der Waals surface area contributed by atoms with E-state index >= 15 is 0 Å². The monoisotopic (exact) mass is 658 g/mol. The maximum atomic E-state index is 14.2. The summed E-state index contributed by atoms with van der Waals surface area (Å²) in [5.41, 5.74) is 1.84. The first kappa shape index (κ1) is 30.0. The molecule has 5 aliphatic rings. The normalized spacial score (nSPS) is 27.0. The number of carbonyl (C=O) groups is 3. The number of benzene rings is 3. The number of nitrogens with one attached hydrogen (secondary N) is 1. The van der Waals surface area contributed by atoms with Crippen LogP contribution in [0.3, 0.4) is 0 Å². The lowest BCUT2D eigenvalue weighted by Crippen LogP contribution is -2.57. The van der Waals surface area contributed by atoms with Gasteiger partial charge in [0, 0.05) is 41.5 Å². The van der Waals surface area contributed by atoms with Gasteiger partial charge in [-0.05, 0) is 65.9 Å². The van der Waals surface area contributed by atoms with Crippen LogP contribution < -0.4 is 5.32 Å². The van der Waals surface area contributed by atoms with Gasteiger partial charge in [0.15, 0.2) is 21.4 Å². The van der Waals surface area contributed by atoms with Crippen LogP contribution in [-0.4, -0.2) is 61.5 Å². The van der Waals surface area contributed by atoms with Gasteiger partial charge in [-0.25, -0.2) is 13.2 Å². The van der Waals surface area contributed by atoms with Gasteiger partial charge >= 0.3 is 6.09 Å². The largest absolute Gasteiger partial charge is 0.507 e. The molecule has 2 saturated carbocycles. The number of phenolic OH excluding ortho intramolecular Hbond substituents is 1. The first-order valence-electron chi connectivity index (χ1n) is 15.7. The van der Waals surface area contributed by atoms with Gasteiger partial charge in [0.05, 0.1) is 33.5 Å². The number of aromatic hydroxyl groups is 1. The van der Waals surface area contributed by atoms with Gasteiger partial charge in [0.2, 0.25) is 0 Å². The highest BCUT2D eigenvalue weighted by Crippen LogP contribution is 2.86. The second kappa shape index (κ2) is 10.3. The Morgan fingerprint density at radius 3 is 2.52 bits per heavy atom. The molecule has 3 aromatic rings. The Hall–Kier alpha value is -5.32. The zero-order valence-corrected chi connectivity index (χ0v) is 27.0. The van der Waals surface area contributed by atoms with Crippen LogP contribution in [0.25, 0.3) is 0 Å². The lowest BCUT2D eigenvalue weighted by molar-refractivity contribution is 0.0759. The predicted molar refractivity (Wildman–Crippen MR) is 176 cm³/mol. The fourth-order valence-electron chi connectivity index (χ4n) is 8.59. The molecule has 0 radical (unpaired) electrons. The van der Waals surface area contributed by atoms with Crippen LogP contribution in [0.5, 0.6) is 5.75 Å². The van der Waals surface area contributed by atoms with Crippen molar-refractivity contribution >= 4 is 33.2 Å². The molecule has 3 aromatic carbocycles. The van der Waals surface area contributed by atoms with E-state index in [1.165, 1.54) is 24.1 Å². The van der Waals surface area contributed by atoms with Crippen molar-refractivity contribution in [2.75, 3.05) is 24.7 Å². The number of phenols is 1. The van der Waals surface area contributed by atoms with Crippen LogP contribution >= 0.6 is 0 Å². The van der Waals surface area contributed by atoms with Gasteiger partial charge in [-0.1, -0.05) is 54.9 Å². The number of rotatable bonds is 6. The second-order valence-electron chi connectivity index (χ2n) is 13.2. The van der Waals surface area contributed by atoms with Gasteiger partial charge in [0.25, 0.3) is 0 Å². The van der Waals surface area contributed by atoms with E-state index in [2.05, 4.69) is 35.9 Å². The first-order valence-corrected chi connectivity index (χ1v) is 17.4. The molecule has 2 bridgehead atoms. The number of fused-ring (bicyclic) bond motifs is 5. The summed E-state index contributed by atoms with van der Waals surface area (Å²) < 4.78 is 30.2. The number of carbonyl (C=O) groups excluding carboxylic acids is 3. The number of amides is 1. The molecule has 10 heteroatoms. The topological polar surface area (TPSA) is 130 Å². The lowest BCUT2D eigenvalue weighted by atomic mass is 9.51. The van der Waals surface area contributed by atoms with E-state index in [-0.39, 0.29) is 86.3 Å². The highest BCUT2D eigenvalue weighted by molar-refractivity contribution is 7.91. The van der Waals surface area contributed by atoms with E-state index in [4.69, 9.17) is 4.74 Å². The van der Waals surface area contributed by atoms with Gasteiger partial charge < -0.3 is 20.1 Å². The third kappa shape index (κ3) is 3.99. The third-order valence-electron chi connectivity index (χ3n) is 10.9. The Labute approximate surface area is 277 Å². The molecule has 1 aliphatic heterocycles. The molecule has 1 unspecified atom stereocenters. The molecule has 48 heavy (non-hydrogen) atoms. The maximum absolute atomic E-state index is 14.2. The molecule has 1 heterocycles. The quantitative estimate of drug-likeness (QED) is 0.229. The van der Waals surface area contributed by atoms with Gasteiger partial charge in [-0.15, -0.1) is 0 Å². The average molecular weight is 659 g/mol. The zero-order valence-electron chi connectivity index (χ0n) is 26.2. The highest BCUT2D eigenvalue weighted by Gasteiger charge is 2.87. The van der Waals surface area contributed by atoms with Crippen molar-refractivity contribution < 1.29 is 32.6 Å². The molecule has 5 atom stereocenters. The third-order valence-corrected chi connectivity index (χ3v) is 12.6. The highest BCUT2D eigenvalue weighted by atomic mass is 32.2. The molecule has 1 amide bonds. The average Bonchev–Trinajstić information content (AvgIpc) is 3.74. The minimum absolute atomic E-state index is 0.0314. The van der Waals surface area contributed by atoms with Crippen molar-refractivity contribution in [3.63, 3.8) is 0 Å². The molecule has 2 fully saturated rings. The summed E-state index contributed by atoms with van der Waals surface area (Å²) in [5.74, 6) is 11.8. The molecule has 240 valence electrons. The number of sulfone groups is 1. The van der Waals surface area contributed by atoms with Crippen LogP contribution in [0.4, 0.5) is 10.5 Å². The number of nitrogens with zero attached hydrogens (tertiary/aromatic N) is 1. The summed E-state index contributed by atoms with van der Waals surface area (Å²) in [4.78, 5) is 42.3. The Morgan fingerprint density at radius 2 is 1.75 bits per heavy atom. The van der Waals surface area contributed by atoms with Crippen molar-refractivity contribution in [1.82, 2.24) is 4.90 Å². The number of hydrogen-bond donors (Lipinski definition) is 2. The molecule has 0 saturated heterocycles. The van der Waals surface area contributed by atoms with E-state index in [0.717, 1.165) is 12.0 Å². The molecular weight excluding hydrogens is 628 g/mol. The van der Waals surface area contributed by atoms with Crippen LogP contribution in [-0.2, 0) is 26.5 Å². The van der Waals surface area contributed by atoms with E-state index in [0.29, 0.717) is 11.3 Å². The smallest absolute Gasteiger partial charge is 0.409 e. The molecule has 2 N–H and O–H groups in total. The summed E-state index contributed by atoms with van der Waals surface area (Å²) in [6.07, 6.45) is 3.57. The summed E-state index contributed by atoms with van der Waals surface area (Å²) in [7, 11) is -2.13. The number of allylic oxidation sites excluding steroid dienone is 2. The van der Waals surface area contributed by atoms with Crippen molar-refractivity contribution in [2.24, 2.45) is 17.3 Å². The molecule has 8 rings (SSSR count). The Bertz CT molecular complexity index is 2260. The van der Waals surface area contributed by atoms with Gasteiger partial charge in [-0.2, -0.15) is 0 Å². The Kier molecular flexibility index (Phi) is 6.47. The lowest BCUT2D eigenvalue weighted by Gasteiger charge is -2.54. The van der Waals surface area contributed by atoms with Crippen LogP contribution in [0.1, 0.15) is 56.3 Å². The van der Waals surface area contributed by atoms with Gasteiger partial charge in [0.1, 0.15) is 12.4 Å². The minimum Gasteiger partial charge on any atom is -0.507 e. The number of anilines is 1. The van der Waals surface area contributed by atoms with Crippen LogP contribution in [0, 0.1) is 40.9 Å².